The monoisotopic (exact) mass is 367 g/mol. The lowest BCUT2D eigenvalue weighted by molar-refractivity contribution is -0.117. The Morgan fingerprint density at radius 2 is 1.78 bits per heavy atom. The van der Waals surface area contributed by atoms with Crippen molar-refractivity contribution in [1.82, 2.24) is 10.2 Å². The van der Waals surface area contributed by atoms with Crippen LogP contribution in [0, 0.1) is 5.92 Å². The Morgan fingerprint density at radius 3 is 2.48 bits per heavy atom. The van der Waals surface area contributed by atoms with Gasteiger partial charge in [-0.2, -0.15) is 0 Å². The molecular weight excluding hydrogens is 342 g/mol. The molecule has 2 aromatic carbocycles. The van der Waals surface area contributed by atoms with Gasteiger partial charge in [0.05, 0.1) is 24.5 Å². The van der Waals surface area contributed by atoms with Gasteiger partial charge in [0.1, 0.15) is 0 Å². The maximum Gasteiger partial charge on any atom is 0.253 e. The van der Waals surface area contributed by atoms with E-state index in [0.717, 1.165) is 56.5 Å². The van der Waals surface area contributed by atoms with E-state index in [9.17, 15) is 9.59 Å². The minimum Gasteiger partial charge on any atom is -0.379 e. The van der Waals surface area contributed by atoms with Gasteiger partial charge in [0.2, 0.25) is 5.91 Å². The molecule has 0 atom stereocenters. The molecule has 6 heteroatoms. The van der Waals surface area contributed by atoms with Crippen LogP contribution in [0.3, 0.4) is 0 Å². The van der Waals surface area contributed by atoms with Crippen LogP contribution in [0.1, 0.15) is 23.2 Å². The van der Waals surface area contributed by atoms with Gasteiger partial charge in [-0.15, -0.1) is 0 Å². The third-order valence-corrected chi connectivity index (χ3v) is 5.15. The molecule has 0 bridgehead atoms. The number of rotatable bonds is 6. The summed E-state index contributed by atoms with van der Waals surface area (Å²) in [7, 11) is 0. The summed E-state index contributed by atoms with van der Waals surface area (Å²) in [5.41, 5.74) is 1.11. The van der Waals surface area contributed by atoms with Gasteiger partial charge in [-0.1, -0.05) is 24.3 Å². The SMILES string of the molecule is O=C(NCCN1CCOCC1)c1cc2ccccc2cc1NC(=O)C1CC1. The van der Waals surface area contributed by atoms with Crippen LogP contribution in [-0.4, -0.2) is 56.1 Å². The molecule has 0 radical (unpaired) electrons. The average Bonchev–Trinajstić information content (AvgIpc) is 3.53. The van der Waals surface area contributed by atoms with Gasteiger partial charge in [-0.05, 0) is 35.7 Å². The van der Waals surface area contributed by atoms with E-state index in [1.807, 2.05) is 36.4 Å². The minimum absolute atomic E-state index is 0.00708. The van der Waals surface area contributed by atoms with Crippen LogP contribution in [0.15, 0.2) is 36.4 Å². The van der Waals surface area contributed by atoms with E-state index in [1.165, 1.54) is 0 Å². The van der Waals surface area contributed by atoms with Crippen LogP contribution in [0.4, 0.5) is 5.69 Å². The molecule has 1 saturated heterocycles. The Hall–Kier alpha value is -2.44. The zero-order chi connectivity index (χ0) is 18.6. The molecule has 0 unspecified atom stereocenters. The lowest BCUT2D eigenvalue weighted by atomic mass is 10.0. The number of morpholine rings is 1. The van der Waals surface area contributed by atoms with E-state index in [4.69, 9.17) is 4.74 Å². The number of carbonyl (C=O) groups excluding carboxylic acids is 2. The molecule has 6 nitrogen and oxygen atoms in total. The number of fused-ring (bicyclic) bond motifs is 1. The Bertz CT molecular complexity index is 842. The largest absolute Gasteiger partial charge is 0.379 e. The minimum atomic E-state index is -0.153. The number of carbonyl (C=O) groups is 2. The number of ether oxygens (including phenoxy) is 1. The van der Waals surface area contributed by atoms with E-state index in [0.29, 0.717) is 17.8 Å². The van der Waals surface area contributed by atoms with Crippen LogP contribution in [0.2, 0.25) is 0 Å². The predicted molar refractivity (Wildman–Crippen MR) is 105 cm³/mol. The molecule has 4 rings (SSSR count). The standard InChI is InChI=1S/C21H25N3O3/c25-20(15-5-6-15)23-19-14-17-4-2-1-3-16(17)13-18(19)21(26)22-7-8-24-9-11-27-12-10-24/h1-4,13-15H,5-12H2,(H,22,26)(H,23,25). The summed E-state index contributed by atoms with van der Waals surface area (Å²) in [6.07, 6.45) is 1.86. The van der Waals surface area contributed by atoms with Crippen LogP contribution in [0.5, 0.6) is 0 Å². The Balaban J connectivity index is 1.48. The quantitative estimate of drug-likeness (QED) is 0.822. The second kappa shape index (κ2) is 8.06. The molecule has 1 aliphatic carbocycles. The smallest absolute Gasteiger partial charge is 0.253 e. The lowest BCUT2D eigenvalue weighted by Crippen LogP contribution is -2.41. The molecule has 1 heterocycles. The highest BCUT2D eigenvalue weighted by atomic mass is 16.5. The first-order valence-electron chi connectivity index (χ1n) is 9.63. The van der Waals surface area contributed by atoms with Gasteiger partial charge >= 0.3 is 0 Å². The fourth-order valence-electron chi connectivity index (χ4n) is 3.36. The second-order valence-electron chi connectivity index (χ2n) is 7.22. The van der Waals surface area contributed by atoms with Gasteiger partial charge in [0.15, 0.2) is 0 Å². The third kappa shape index (κ3) is 4.46. The normalized spacial score (nSPS) is 17.6. The average molecular weight is 367 g/mol. The summed E-state index contributed by atoms with van der Waals surface area (Å²) in [5.74, 6) is -0.0542. The van der Waals surface area contributed by atoms with Gasteiger partial charge in [-0.3, -0.25) is 14.5 Å². The molecule has 0 spiro atoms. The van der Waals surface area contributed by atoms with E-state index >= 15 is 0 Å². The topological polar surface area (TPSA) is 70.7 Å². The summed E-state index contributed by atoms with van der Waals surface area (Å²) in [4.78, 5) is 27.3. The van der Waals surface area contributed by atoms with Gasteiger partial charge in [0.25, 0.3) is 5.91 Å². The lowest BCUT2D eigenvalue weighted by Gasteiger charge is -2.26. The fourth-order valence-corrected chi connectivity index (χ4v) is 3.36. The van der Waals surface area contributed by atoms with Crippen LogP contribution in [-0.2, 0) is 9.53 Å². The Kier molecular flexibility index (Phi) is 5.36. The maximum absolute atomic E-state index is 12.8. The summed E-state index contributed by atoms with van der Waals surface area (Å²) >= 11 is 0. The highest BCUT2D eigenvalue weighted by Gasteiger charge is 2.30. The van der Waals surface area contributed by atoms with Crippen molar-refractivity contribution in [3.05, 3.63) is 42.0 Å². The molecule has 2 N–H and O–H groups in total. The number of nitrogens with one attached hydrogen (secondary N) is 2. The van der Waals surface area contributed by atoms with Crippen molar-refractivity contribution in [1.29, 1.82) is 0 Å². The van der Waals surface area contributed by atoms with Crippen molar-refractivity contribution in [2.45, 2.75) is 12.8 Å². The van der Waals surface area contributed by atoms with E-state index < -0.39 is 0 Å². The second-order valence-corrected chi connectivity index (χ2v) is 7.22. The predicted octanol–water partition coefficient (Wildman–Crippen LogP) is 2.25. The van der Waals surface area contributed by atoms with Crippen LogP contribution < -0.4 is 10.6 Å². The van der Waals surface area contributed by atoms with Crippen molar-refractivity contribution >= 4 is 28.3 Å². The number of hydrogen-bond donors (Lipinski definition) is 2. The molecule has 2 aliphatic rings. The zero-order valence-corrected chi connectivity index (χ0v) is 15.4. The highest BCUT2D eigenvalue weighted by Crippen LogP contribution is 2.31. The van der Waals surface area contributed by atoms with Crippen LogP contribution >= 0.6 is 0 Å². The molecule has 27 heavy (non-hydrogen) atoms. The summed E-state index contributed by atoms with van der Waals surface area (Å²) in [6.45, 7) is 4.66. The third-order valence-electron chi connectivity index (χ3n) is 5.15. The molecule has 2 aromatic rings. The Labute approximate surface area is 158 Å². The number of nitrogens with zero attached hydrogens (tertiary/aromatic N) is 1. The number of amides is 2. The number of hydrogen-bond acceptors (Lipinski definition) is 4. The van der Waals surface area contributed by atoms with Crippen molar-refractivity contribution in [3.8, 4) is 0 Å². The molecule has 2 fully saturated rings. The molecule has 142 valence electrons. The maximum atomic E-state index is 12.8. The zero-order valence-electron chi connectivity index (χ0n) is 15.4. The van der Waals surface area contributed by atoms with E-state index in [1.54, 1.807) is 0 Å². The first-order chi connectivity index (χ1) is 13.2. The van der Waals surface area contributed by atoms with Gasteiger partial charge in [0, 0.05) is 32.1 Å². The highest BCUT2D eigenvalue weighted by molar-refractivity contribution is 6.08. The molecule has 1 saturated carbocycles. The fraction of sp³-hybridized carbons (Fsp3) is 0.429. The van der Waals surface area contributed by atoms with Gasteiger partial charge < -0.3 is 15.4 Å². The molecule has 1 aliphatic heterocycles. The van der Waals surface area contributed by atoms with E-state index in [-0.39, 0.29) is 17.7 Å². The van der Waals surface area contributed by atoms with Crippen molar-refractivity contribution in [3.63, 3.8) is 0 Å². The first kappa shape index (κ1) is 17.9. The molecule has 2 amide bonds. The summed E-state index contributed by atoms with van der Waals surface area (Å²) in [5, 5.41) is 7.95. The number of anilines is 1. The van der Waals surface area contributed by atoms with Crippen molar-refractivity contribution < 1.29 is 14.3 Å². The number of benzene rings is 2. The van der Waals surface area contributed by atoms with Crippen LogP contribution in [0.25, 0.3) is 10.8 Å². The van der Waals surface area contributed by atoms with Gasteiger partial charge in [-0.25, -0.2) is 0 Å². The summed E-state index contributed by atoms with van der Waals surface area (Å²) < 4.78 is 5.35. The molecular formula is C21H25N3O3. The van der Waals surface area contributed by atoms with E-state index in [2.05, 4.69) is 15.5 Å². The Morgan fingerprint density at radius 1 is 1.07 bits per heavy atom. The van der Waals surface area contributed by atoms with Crippen molar-refractivity contribution in [2.75, 3.05) is 44.7 Å². The van der Waals surface area contributed by atoms with Crippen molar-refractivity contribution in [2.24, 2.45) is 5.92 Å². The summed E-state index contributed by atoms with van der Waals surface area (Å²) in [6, 6.07) is 11.6. The first-order valence-corrected chi connectivity index (χ1v) is 9.63. The molecule has 0 aromatic heterocycles.